The van der Waals surface area contributed by atoms with Crippen LogP contribution in [0.25, 0.3) is 0 Å². The fourth-order valence-electron chi connectivity index (χ4n) is 2.88. The third-order valence-electron chi connectivity index (χ3n) is 3.94. The van der Waals surface area contributed by atoms with E-state index in [0.29, 0.717) is 26.2 Å². The van der Waals surface area contributed by atoms with Crippen LogP contribution in [0.15, 0.2) is 11.6 Å². The van der Waals surface area contributed by atoms with Gasteiger partial charge in [-0.25, -0.2) is 4.79 Å². The molecule has 2 rings (SSSR count). The molecule has 1 fully saturated rings. The van der Waals surface area contributed by atoms with Gasteiger partial charge >= 0.3 is 12.0 Å². The predicted octanol–water partition coefficient (Wildman–Crippen LogP) is 1.32. The Labute approximate surface area is 119 Å². The molecule has 6 nitrogen and oxygen atoms in total. The molecule has 1 unspecified atom stereocenters. The summed E-state index contributed by atoms with van der Waals surface area (Å²) in [5.74, 6) is -0.837. The molecular formula is C14H22N2O4. The zero-order valence-electron chi connectivity index (χ0n) is 11.9. The maximum absolute atomic E-state index is 12.5. The van der Waals surface area contributed by atoms with Gasteiger partial charge in [-0.05, 0) is 24.8 Å². The van der Waals surface area contributed by atoms with E-state index in [4.69, 9.17) is 9.84 Å². The first-order valence-corrected chi connectivity index (χ1v) is 7.06. The van der Waals surface area contributed by atoms with Gasteiger partial charge in [0.05, 0.1) is 13.0 Å². The van der Waals surface area contributed by atoms with Gasteiger partial charge < -0.3 is 19.6 Å². The van der Waals surface area contributed by atoms with Crippen molar-refractivity contribution in [3.63, 3.8) is 0 Å². The number of carboxylic acid groups (broad SMARTS) is 1. The van der Waals surface area contributed by atoms with Crippen molar-refractivity contribution < 1.29 is 19.4 Å². The van der Waals surface area contributed by atoms with E-state index in [1.165, 1.54) is 5.57 Å². The molecule has 2 aliphatic heterocycles. The van der Waals surface area contributed by atoms with Gasteiger partial charge in [0, 0.05) is 32.8 Å². The molecule has 2 amide bonds. The summed E-state index contributed by atoms with van der Waals surface area (Å²) in [6.07, 6.45) is 4.59. The molecule has 0 saturated carbocycles. The second-order valence-corrected chi connectivity index (χ2v) is 5.36. The third-order valence-corrected chi connectivity index (χ3v) is 3.94. The molecule has 1 N–H and O–H groups in total. The highest BCUT2D eigenvalue weighted by Gasteiger charge is 2.33. The number of carbonyl (C=O) groups excluding carboxylic acids is 1. The highest BCUT2D eigenvalue weighted by Crippen LogP contribution is 2.23. The average molecular weight is 282 g/mol. The largest absolute Gasteiger partial charge is 0.481 e. The Morgan fingerprint density at radius 1 is 1.45 bits per heavy atom. The van der Waals surface area contributed by atoms with Crippen LogP contribution in [0.5, 0.6) is 0 Å². The van der Waals surface area contributed by atoms with Crippen molar-refractivity contribution in [2.24, 2.45) is 0 Å². The second-order valence-electron chi connectivity index (χ2n) is 5.36. The molecule has 1 atom stereocenters. The Hall–Kier alpha value is -1.56. The summed E-state index contributed by atoms with van der Waals surface area (Å²) in [6.45, 7) is 2.56. The third kappa shape index (κ3) is 3.50. The van der Waals surface area contributed by atoms with Gasteiger partial charge in [0.25, 0.3) is 0 Å². The number of methoxy groups -OCH3 is 1. The van der Waals surface area contributed by atoms with Gasteiger partial charge in [0.15, 0.2) is 0 Å². The number of rotatable bonds is 4. The van der Waals surface area contributed by atoms with Gasteiger partial charge in [-0.1, -0.05) is 6.08 Å². The number of likely N-dealkylation sites (tertiary alicyclic amines) is 1. The van der Waals surface area contributed by atoms with Crippen LogP contribution in [0.3, 0.4) is 0 Å². The average Bonchev–Trinajstić information content (AvgIpc) is 2.86. The van der Waals surface area contributed by atoms with Crippen molar-refractivity contribution in [3.8, 4) is 0 Å². The number of urea groups is 1. The zero-order valence-corrected chi connectivity index (χ0v) is 11.9. The minimum absolute atomic E-state index is 0.0264. The minimum atomic E-state index is -0.837. The zero-order chi connectivity index (χ0) is 14.5. The van der Waals surface area contributed by atoms with Crippen LogP contribution in [0, 0.1) is 0 Å². The topological polar surface area (TPSA) is 70.1 Å². The molecule has 2 aliphatic rings. The highest BCUT2D eigenvalue weighted by atomic mass is 16.5. The summed E-state index contributed by atoms with van der Waals surface area (Å²) >= 11 is 0. The molecule has 112 valence electrons. The van der Waals surface area contributed by atoms with Crippen molar-refractivity contribution in [1.29, 1.82) is 0 Å². The van der Waals surface area contributed by atoms with E-state index in [1.54, 1.807) is 16.9 Å². The summed E-state index contributed by atoms with van der Waals surface area (Å²) in [7, 11) is 1.67. The van der Waals surface area contributed by atoms with Crippen LogP contribution in [-0.2, 0) is 9.53 Å². The summed E-state index contributed by atoms with van der Waals surface area (Å²) in [5, 5.41) is 8.90. The second kappa shape index (κ2) is 6.74. The molecule has 6 heteroatoms. The van der Waals surface area contributed by atoms with Crippen molar-refractivity contribution in [3.05, 3.63) is 11.6 Å². The number of hydrogen-bond donors (Lipinski definition) is 1. The van der Waals surface area contributed by atoms with Gasteiger partial charge in [0.1, 0.15) is 0 Å². The monoisotopic (exact) mass is 282 g/mol. The SMILES string of the molecule is COCC1=CCN(C(=O)N2CCCC2CC(=O)O)CC1. The maximum Gasteiger partial charge on any atom is 0.320 e. The van der Waals surface area contributed by atoms with Gasteiger partial charge in [0.2, 0.25) is 0 Å². The number of ether oxygens (including phenoxy) is 1. The van der Waals surface area contributed by atoms with Crippen LogP contribution in [0.2, 0.25) is 0 Å². The van der Waals surface area contributed by atoms with Gasteiger partial charge in [-0.2, -0.15) is 0 Å². The minimum Gasteiger partial charge on any atom is -0.481 e. The number of carbonyl (C=O) groups is 2. The standard InChI is InChI=1S/C14H22N2O4/c1-20-10-11-4-7-15(8-5-11)14(19)16-6-2-3-12(16)9-13(17)18/h4,12H,2-3,5-10H2,1H3,(H,17,18). The Morgan fingerprint density at radius 3 is 2.85 bits per heavy atom. The molecule has 0 aliphatic carbocycles. The van der Waals surface area contributed by atoms with E-state index in [1.807, 2.05) is 6.08 Å². The Morgan fingerprint density at radius 2 is 2.25 bits per heavy atom. The van der Waals surface area contributed by atoms with Crippen molar-refractivity contribution in [2.75, 3.05) is 33.4 Å². The van der Waals surface area contributed by atoms with Crippen LogP contribution in [-0.4, -0.2) is 66.3 Å². The normalized spacial score (nSPS) is 22.9. The Bertz CT molecular complexity index is 408. The first kappa shape index (κ1) is 14.8. The predicted molar refractivity (Wildman–Crippen MR) is 73.5 cm³/mol. The van der Waals surface area contributed by atoms with Crippen molar-refractivity contribution >= 4 is 12.0 Å². The maximum atomic E-state index is 12.5. The Balaban J connectivity index is 1.93. The smallest absolute Gasteiger partial charge is 0.320 e. The molecule has 20 heavy (non-hydrogen) atoms. The lowest BCUT2D eigenvalue weighted by molar-refractivity contribution is -0.138. The Kier molecular flexibility index (Phi) is 5.00. The number of amides is 2. The molecule has 2 heterocycles. The quantitative estimate of drug-likeness (QED) is 0.790. The fraction of sp³-hybridized carbons (Fsp3) is 0.714. The number of nitrogens with zero attached hydrogens (tertiary/aromatic N) is 2. The number of carboxylic acids is 1. The molecule has 0 bridgehead atoms. The molecule has 0 aromatic rings. The fourth-order valence-corrected chi connectivity index (χ4v) is 2.88. The summed E-state index contributed by atoms with van der Waals surface area (Å²) in [5.41, 5.74) is 1.22. The molecular weight excluding hydrogens is 260 g/mol. The first-order chi connectivity index (χ1) is 9.61. The first-order valence-electron chi connectivity index (χ1n) is 7.06. The number of aliphatic carboxylic acids is 1. The van der Waals surface area contributed by atoms with E-state index in [-0.39, 0.29) is 18.5 Å². The summed E-state index contributed by atoms with van der Waals surface area (Å²) in [4.78, 5) is 26.8. The van der Waals surface area contributed by atoms with E-state index >= 15 is 0 Å². The van der Waals surface area contributed by atoms with E-state index in [0.717, 1.165) is 19.3 Å². The molecule has 0 aromatic heterocycles. The van der Waals surface area contributed by atoms with Gasteiger partial charge in [-0.3, -0.25) is 4.79 Å². The van der Waals surface area contributed by atoms with Crippen LogP contribution in [0.4, 0.5) is 4.79 Å². The van der Waals surface area contributed by atoms with Crippen LogP contribution >= 0.6 is 0 Å². The van der Waals surface area contributed by atoms with E-state index in [2.05, 4.69) is 0 Å². The van der Waals surface area contributed by atoms with Crippen LogP contribution < -0.4 is 0 Å². The molecule has 0 spiro atoms. The van der Waals surface area contributed by atoms with Gasteiger partial charge in [-0.15, -0.1) is 0 Å². The van der Waals surface area contributed by atoms with E-state index < -0.39 is 5.97 Å². The lowest BCUT2D eigenvalue weighted by Gasteiger charge is -2.33. The van der Waals surface area contributed by atoms with E-state index in [9.17, 15) is 9.59 Å². The summed E-state index contributed by atoms with van der Waals surface area (Å²) in [6, 6.07) is -0.175. The molecule has 0 aromatic carbocycles. The van der Waals surface area contributed by atoms with Crippen molar-refractivity contribution in [2.45, 2.75) is 31.7 Å². The summed E-state index contributed by atoms with van der Waals surface area (Å²) < 4.78 is 5.09. The lowest BCUT2D eigenvalue weighted by atomic mass is 10.1. The molecule has 1 saturated heterocycles. The van der Waals surface area contributed by atoms with Crippen LogP contribution in [0.1, 0.15) is 25.7 Å². The molecule has 0 radical (unpaired) electrons. The highest BCUT2D eigenvalue weighted by molar-refractivity contribution is 5.77. The number of hydrogen-bond acceptors (Lipinski definition) is 3. The lowest BCUT2D eigenvalue weighted by Crippen LogP contribution is -2.47. The van der Waals surface area contributed by atoms with Crippen molar-refractivity contribution in [1.82, 2.24) is 9.80 Å².